The first-order valence-corrected chi connectivity index (χ1v) is 9.80. The van der Waals surface area contributed by atoms with E-state index in [0.29, 0.717) is 32.2 Å². The van der Waals surface area contributed by atoms with E-state index in [1.54, 1.807) is 25.2 Å². The quantitative estimate of drug-likeness (QED) is 0.468. The lowest BCUT2D eigenvalue weighted by atomic mass is 10.1. The first-order valence-electron chi connectivity index (χ1n) is 9.05. The molecule has 0 bridgehead atoms. The molecule has 0 aliphatic carbocycles. The van der Waals surface area contributed by atoms with Crippen molar-refractivity contribution < 1.29 is 0 Å². The van der Waals surface area contributed by atoms with Crippen molar-refractivity contribution in [2.45, 2.75) is 13.8 Å². The van der Waals surface area contributed by atoms with Gasteiger partial charge in [-0.3, -0.25) is 13.9 Å². The van der Waals surface area contributed by atoms with Gasteiger partial charge >= 0.3 is 5.69 Å². The van der Waals surface area contributed by atoms with E-state index >= 15 is 0 Å². The molecular formula is C22H19Cl2N3O2. The Labute approximate surface area is 177 Å². The van der Waals surface area contributed by atoms with Crippen LogP contribution in [0.4, 0.5) is 0 Å². The fourth-order valence-corrected chi connectivity index (χ4v) is 4.15. The number of rotatable bonds is 2. The number of halogens is 2. The maximum atomic E-state index is 13.1. The third-order valence-corrected chi connectivity index (χ3v) is 5.80. The number of hydrogen-bond acceptors (Lipinski definition) is 2. The predicted octanol–water partition coefficient (Wildman–Crippen LogP) is 4.62. The number of aryl methyl sites for hydroxylation is 3. The first kappa shape index (κ1) is 19.6. The zero-order chi connectivity index (χ0) is 21.0. The molecule has 29 heavy (non-hydrogen) atoms. The zero-order valence-electron chi connectivity index (χ0n) is 16.5. The second kappa shape index (κ2) is 6.94. The second-order valence-corrected chi connectivity index (χ2v) is 8.07. The Morgan fingerprint density at radius 1 is 0.897 bits per heavy atom. The Kier molecular flexibility index (Phi) is 4.68. The molecule has 0 saturated heterocycles. The number of aromatic nitrogens is 3. The average molecular weight is 428 g/mol. The fourth-order valence-electron chi connectivity index (χ4n) is 3.66. The van der Waals surface area contributed by atoms with Crippen molar-refractivity contribution in [3.63, 3.8) is 0 Å². The molecule has 0 fully saturated rings. The third-order valence-electron chi connectivity index (χ3n) is 5.25. The zero-order valence-corrected chi connectivity index (χ0v) is 18.0. The molecule has 0 atom stereocenters. The Morgan fingerprint density at radius 3 is 2.31 bits per heavy atom. The minimum absolute atomic E-state index is 0.367. The molecular weight excluding hydrogens is 409 g/mol. The minimum Gasteiger partial charge on any atom is -0.313 e. The molecule has 2 heterocycles. The summed E-state index contributed by atoms with van der Waals surface area (Å²) in [5.74, 6) is 0. The Hall–Kier alpha value is -2.76. The fraction of sp³-hybridized carbons (Fsp3) is 0.182. The van der Waals surface area contributed by atoms with Crippen LogP contribution in [0.2, 0.25) is 10.0 Å². The Balaban J connectivity index is 2.26. The van der Waals surface area contributed by atoms with Gasteiger partial charge in [-0.05, 0) is 49.2 Å². The summed E-state index contributed by atoms with van der Waals surface area (Å²) < 4.78 is 4.53. The molecule has 0 unspecified atom stereocenters. The normalized spacial score (nSPS) is 11.4. The summed E-state index contributed by atoms with van der Waals surface area (Å²) >= 11 is 12.6. The lowest BCUT2D eigenvalue weighted by molar-refractivity contribution is 0.714. The molecule has 0 radical (unpaired) electrons. The molecule has 4 aromatic rings. The standard InChI is InChI=1S/C22H19Cl2N3O2/c1-12-5-6-13(2)17(9-12)27-11-18-19(21(28)26(4)22(29)25(18)3)20(27)15-8-7-14(23)10-16(15)24/h5-11H,1-4H3. The van der Waals surface area contributed by atoms with E-state index in [9.17, 15) is 9.59 Å². The molecule has 0 aliphatic heterocycles. The van der Waals surface area contributed by atoms with Gasteiger partial charge < -0.3 is 4.57 Å². The summed E-state index contributed by atoms with van der Waals surface area (Å²) in [6, 6.07) is 11.3. The molecule has 0 spiro atoms. The highest BCUT2D eigenvalue weighted by Crippen LogP contribution is 2.37. The van der Waals surface area contributed by atoms with Crippen LogP contribution in [-0.4, -0.2) is 13.7 Å². The van der Waals surface area contributed by atoms with Crippen molar-refractivity contribution in [1.82, 2.24) is 13.7 Å². The van der Waals surface area contributed by atoms with E-state index in [2.05, 4.69) is 0 Å². The Morgan fingerprint density at radius 2 is 1.62 bits per heavy atom. The van der Waals surface area contributed by atoms with Crippen LogP contribution in [0.3, 0.4) is 0 Å². The van der Waals surface area contributed by atoms with Crippen LogP contribution < -0.4 is 11.2 Å². The Bertz CT molecular complexity index is 1410. The summed E-state index contributed by atoms with van der Waals surface area (Å²) in [6.45, 7) is 4.01. The SMILES string of the molecule is Cc1ccc(C)c(-n2cc3c(c2-c2ccc(Cl)cc2Cl)c(=O)n(C)c(=O)n3C)c1. The van der Waals surface area contributed by atoms with Crippen molar-refractivity contribution in [3.05, 3.63) is 84.6 Å². The number of hydrogen-bond donors (Lipinski definition) is 0. The van der Waals surface area contributed by atoms with E-state index in [0.717, 1.165) is 21.4 Å². The predicted molar refractivity (Wildman–Crippen MR) is 119 cm³/mol. The largest absolute Gasteiger partial charge is 0.330 e. The summed E-state index contributed by atoms with van der Waals surface area (Å²) in [5.41, 5.74) is 4.12. The molecule has 4 rings (SSSR count). The van der Waals surface area contributed by atoms with Gasteiger partial charge in [-0.25, -0.2) is 4.79 Å². The van der Waals surface area contributed by atoms with Crippen molar-refractivity contribution in [2.75, 3.05) is 0 Å². The summed E-state index contributed by atoms with van der Waals surface area (Å²) in [6.07, 6.45) is 1.82. The van der Waals surface area contributed by atoms with Gasteiger partial charge in [0.25, 0.3) is 5.56 Å². The molecule has 7 heteroatoms. The van der Waals surface area contributed by atoms with Gasteiger partial charge in [-0.2, -0.15) is 0 Å². The van der Waals surface area contributed by atoms with Crippen LogP contribution in [0, 0.1) is 13.8 Å². The van der Waals surface area contributed by atoms with E-state index < -0.39 is 0 Å². The molecule has 0 aliphatic rings. The van der Waals surface area contributed by atoms with Crippen LogP contribution in [0.25, 0.3) is 27.8 Å². The van der Waals surface area contributed by atoms with Gasteiger partial charge in [0.2, 0.25) is 0 Å². The van der Waals surface area contributed by atoms with E-state index in [4.69, 9.17) is 23.2 Å². The highest BCUT2D eigenvalue weighted by atomic mass is 35.5. The van der Waals surface area contributed by atoms with E-state index in [1.165, 1.54) is 11.6 Å². The summed E-state index contributed by atoms with van der Waals surface area (Å²) in [7, 11) is 3.14. The highest BCUT2D eigenvalue weighted by Gasteiger charge is 2.22. The van der Waals surface area contributed by atoms with Gasteiger partial charge in [0, 0.05) is 36.6 Å². The van der Waals surface area contributed by atoms with Crippen molar-refractivity contribution in [1.29, 1.82) is 0 Å². The van der Waals surface area contributed by atoms with Crippen LogP contribution in [-0.2, 0) is 14.1 Å². The first-order chi connectivity index (χ1) is 13.7. The third kappa shape index (κ3) is 3.02. The molecule has 148 valence electrons. The maximum absolute atomic E-state index is 13.1. The second-order valence-electron chi connectivity index (χ2n) is 7.23. The molecule has 0 amide bonds. The summed E-state index contributed by atoms with van der Waals surface area (Å²) in [5, 5.41) is 1.37. The lowest BCUT2D eigenvalue weighted by Gasteiger charge is -2.14. The highest BCUT2D eigenvalue weighted by molar-refractivity contribution is 6.36. The monoisotopic (exact) mass is 427 g/mol. The minimum atomic E-state index is -0.380. The van der Waals surface area contributed by atoms with Gasteiger partial charge in [0.1, 0.15) is 0 Å². The van der Waals surface area contributed by atoms with Crippen molar-refractivity contribution in [3.8, 4) is 16.9 Å². The number of nitrogens with zero attached hydrogens (tertiary/aromatic N) is 3. The van der Waals surface area contributed by atoms with Gasteiger partial charge in [0.15, 0.2) is 0 Å². The van der Waals surface area contributed by atoms with Crippen molar-refractivity contribution in [2.24, 2.45) is 14.1 Å². The van der Waals surface area contributed by atoms with Crippen molar-refractivity contribution >= 4 is 34.1 Å². The number of benzene rings is 2. The molecule has 0 N–H and O–H groups in total. The summed E-state index contributed by atoms with van der Waals surface area (Å²) in [4.78, 5) is 25.6. The number of fused-ring (bicyclic) bond motifs is 1. The van der Waals surface area contributed by atoms with Gasteiger partial charge in [0.05, 0.1) is 21.6 Å². The van der Waals surface area contributed by atoms with Crippen LogP contribution in [0.5, 0.6) is 0 Å². The molecule has 0 saturated carbocycles. The van der Waals surface area contributed by atoms with Crippen LogP contribution in [0.1, 0.15) is 11.1 Å². The van der Waals surface area contributed by atoms with Gasteiger partial charge in [-0.15, -0.1) is 0 Å². The molecule has 2 aromatic heterocycles. The molecule has 5 nitrogen and oxygen atoms in total. The lowest BCUT2D eigenvalue weighted by Crippen LogP contribution is -2.36. The average Bonchev–Trinajstić information content (AvgIpc) is 3.07. The maximum Gasteiger partial charge on any atom is 0.330 e. The van der Waals surface area contributed by atoms with E-state index in [-0.39, 0.29) is 11.2 Å². The molecule has 2 aromatic carbocycles. The van der Waals surface area contributed by atoms with Crippen LogP contribution in [0.15, 0.2) is 52.2 Å². The van der Waals surface area contributed by atoms with Crippen LogP contribution >= 0.6 is 23.2 Å². The smallest absolute Gasteiger partial charge is 0.313 e. The topological polar surface area (TPSA) is 48.9 Å². The van der Waals surface area contributed by atoms with Gasteiger partial charge in [-0.1, -0.05) is 35.3 Å². The van der Waals surface area contributed by atoms with E-state index in [1.807, 2.05) is 42.8 Å².